The summed E-state index contributed by atoms with van der Waals surface area (Å²) in [4.78, 5) is 19.9. The van der Waals surface area contributed by atoms with Gasteiger partial charge in [0.2, 0.25) is 0 Å². The van der Waals surface area contributed by atoms with Crippen LogP contribution in [-0.2, 0) is 0 Å². The molecule has 30 heavy (non-hydrogen) atoms. The van der Waals surface area contributed by atoms with E-state index in [-0.39, 0.29) is 11.9 Å². The molecule has 4 rings (SSSR count). The molecule has 1 saturated heterocycles. The summed E-state index contributed by atoms with van der Waals surface area (Å²) in [6.45, 7) is 6.04. The van der Waals surface area contributed by atoms with Gasteiger partial charge in [-0.15, -0.1) is 0 Å². The van der Waals surface area contributed by atoms with Crippen LogP contribution < -0.4 is 5.32 Å². The standard InChI is InChI=1S/C22H26FN5O2/c1-3-4-5-15-12-28(9-8-24-15)22(30)16-11-18(14-6-7-19(29)17(23)10-14)25-21-20(16)13(2)26-27-21/h6-7,10-11,15,24,29H,3-5,8-9,12H2,1-2H3,(H,25,26,27)/t15-/m0/s1. The van der Waals surface area contributed by atoms with Gasteiger partial charge in [-0.05, 0) is 37.6 Å². The Kier molecular flexibility index (Phi) is 5.67. The lowest BCUT2D eigenvalue weighted by Crippen LogP contribution is -2.52. The van der Waals surface area contributed by atoms with Crippen LogP contribution in [0.2, 0.25) is 0 Å². The molecule has 158 valence electrons. The number of unbranched alkanes of at least 4 members (excludes halogenated alkanes) is 1. The van der Waals surface area contributed by atoms with Gasteiger partial charge in [-0.1, -0.05) is 19.8 Å². The zero-order valence-corrected chi connectivity index (χ0v) is 17.2. The number of amides is 1. The molecule has 2 aromatic heterocycles. The van der Waals surface area contributed by atoms with Crippen LogP contribution in [-0.4, -0.2) is 56.8 Å². The van der Waals surface area contributed by atoms with Gasteiger partial charge in [0.25, 0.3) is 5.91 Å². The quantitative estimate of drug-likeness (QED) is 0.598. The van der Waals surface area contributed by atoms with Crippen LogP contribution in [0.5, 0.6) is 5.75 Å². The van der Waals surface area contributed by atoms with Gasteiger partial charge in [-0.2, -0.15) is 5.10 Å². The summed E-state index contributed by atoms with van der Waals surface area (Å²) in [5, 5.41) is 20.8. The normalized spacial score (nSPS) is 16.9. The van der Waals surface area contributed by atoms with Crippen molar-refractivity contribution >= 4 is 16.9 Å². The van der Waals surface area contributed by atoms with E-state index in [1.165, 1.54) is 12.1 Å². The molecule has 7 nitrogen and oxygen atoms in total. The second-order valence-electron chi connectivity index (χ2n) is 7.80. The van der Waals surface area contributed by atoms with Gasteiger partial charge >= 0.3 is 0 Å². The van der Waals surface area contributed by atoms with Gasteiger partial charge in [0, 0.05) is 31.2 Å². The number of hydrogen-bond donors (Lipinski definition) is 3. The number of fused-ring (bicyclic) bond motifs is 1. The highest BCUT2D eigenvalue weighted by atomic mass is 19.1. The largest absolute Gasteiger partial charge is 0.505 e. The van der Waals surface area contributed by atoms with E-state index in [0.717, 1.165) is 25.8 Å². The summed E-state index contributed by atoms with van der Waals surface area (Å²) in [5.74, 6) is -1.23. The summed E-state index contributed by atoms with van der Waals surface area (Å²) in [6, 6.07) is 6.06. The second-order valence-corrected chi connectivity index (χ2v) is 7.80. The number of rotatable bonds is 5. The Labute approximate surface area is 174 Å². The Bertz CT molecular complexity index is 1080. The van der Waals surface area contributed by atoms with E-state index in [2.05, 4.69) is 27.4 Å². The number of piperazine rings is 1. The number of nitrogens with one attached hydrogen (secondary N) is 2. The van der Waals surface area contributed by atoms with Crippen LogP contribution >= 0.6 is 0 Å². The second kappa shape index (κ2) is 8.39. The first kappa shape index (κ1) is 20.3. The first-order chi connectivity index (χ1) is 14.5. The molecular formula is C22H26FN5O2. The lowest BCUT2D eigenvalue weighted by atomic mass is 10.0. The Balaban J connectivity index is 1.72. The van der Waals surface area contributed by atoms with Crippen molar-refractivity contribution in [3.63, 3.8) is 0 Å². The molecule has 3 N–H and O–H groups in total. The SMILES string of the molecule is CCCC[C@H]1CN(C(=O)c2cc(-c3ccc(O)c(F)c3)nc3[nH]nc(C)c23)CCN1. The fraction of sp³-hybridized carbons (Fsp3) is 0.409. The lowest BCUT2D eigenvalue weighted by Gasteiger charge is -2.34. The van der Waals surface area contributed by atoms with Crippen molar-refractivity contribution in [3.05, 3.63) is 41.3 Å². The molecule has 3 heterocycles. The van der Waals surface area contributed by atoms with E-state index >= 15 is 0 Å². The number of carbonyl (C=O) groups excluding carboxylic acids is 1. The monoisotopic (exact) mass is 411 g/mol. The van der Waals surface area contributed by atoms with E-state index < -0.39 is 11.6 Å². The fourth-order valence-electron chi connectivity index (χ4n) is 3.99. The van der Waals surface area contributed by atoms with Crippen molar-refractivity contribution in [2.24, 2.45) is 0 Å². The number of H-pyrrole nitrogens is 1. The average Bonchev–Trinajstić information content (AvgIpc) is 3.14. The summed E-state index contributed by atoms with van der Waals surface area (Å²) in [6.07, 6.45) is 3.28. The van der Waals surface area contributed by atoms with Crippen molar-refractivity contribution < 1.29 is 14.3 Å². The minimum atomic E-state index is -0.732. The molecule has 1 amide bonds. The van der Waals surface area contributed by atoms with Crippen LogP contribution in [0.25, 0.3) is 22.3 Å². The number of phenolic OH excluding ortho intramolecular Hbond substituents is 1. The van der Waals surface area contributed by atoms with Crippen molar-refractivity contribution in [2.45, 2.75) is 39.2 Å². The molecule has 0 spiro atoms. The number of pyridine rings is 1. The third kappa shape index (κ3) is 3.87. The minimum absolute atomic E-state index is 0.0737. The van der Waals surface area contributed by atoms with Gasteiger partial charge in [0.1, 0.15) is 0 Å². The molecule has 1 aliphatic rings. The van der Waals surface area contributed by atoms with Crippen LogP contribution in [0, 0.1) is 12.7 Å². The van der Waals surface area contributed by atoms with E-state index in [0.29, 0.717) is 46.6 Å². The molecule has 1 fully saturated rings. The molecule has 1 aliphatic heterocycles. The fourth-order valence-corrected chi connectivity index (χ4v) is 3.99. The topological polar surface area (TPSA) is 94.1 Å². The smallest absolute Gasteiger partial charge is 0.254 e. The van der Waals surface area contributed by atoms with Gasteiger partial charge < -0.3 is 15.3 Å². The lowest BCUT2D eigenvalue weighted by molar-refractivity contribution is 0.0700. The summed E-state index contributed by atoms with van der Waals surface area (Å²) in [5.41, 5.74) is 2.62. The average molecular weight is 411 g/mol. The zero-order valence-electron chi connectivity index (χ0n) is 17.2. The maximum absolute atomic E-state index is 13.9. The van der Waals surface area contributed by atoms with Crippen LogP contribution in [0.4, 0.5) is 4.39 Å². The number of phenols is 1. The predicted octanol–water partition coefficient (Wildman–Crippen LogP) is 3.38. The Hall–Kier alpha value is -3.00. The number of benzene rings is 1. The van der Waals surface area contributed by atoms with E-state index in [4.69, 9.17) is 0 Å². The molecule has 0 unspecified atom stereocenters. The summed E-state index contributed by atoms with van der Waals surface area (Å²) in [7, 11) is 0. The summed E-state index contributed by atoms with van der Waals surface area (Å²) >= 11 is 0. The van der Waals surface area contributed by atoms with E-state index in [1.54, 1.807) is 12.1 Å². The highest BCUT2D eigenvalue weighted by Crippen LogP contribution is 2.29. The molecule has 1 aromatic carbocycles. The number of nitrogens with zero attached hydrogens (tertiary/aromatic N) is 3. The third-order valence-electron chi connectivity index (χ3n) is 5.63. The molecule has 0 aliphatic carbocycles. The molecule has 0 bridgehead atoms. The van der Waals surface area contributed by atoms with Crippen LogP contribution in [0.1, 0.15) is 42.2 Å². The zero-order chi connectivity index (χ0) is 21.3. The number of aromatic nitrogens is 3. The number of carbonyl (C=O) groups is 1. The third-order valence-corrected chi connectivity index (χ3v) is 5.63. The first-order valence-electron chi connectivity index (χ1n) is 10.3. The molecule has 8 heteroatoms. The maximum atomic E-state index is 13.9. The number of aromatic hydroxyl groups is 1. The van der Waals surface area contributed by atoms with Crippen molar-refractivity contribution in [1.29, 1.82) is 0 Å². The predicted molar refractivity (Wildman–Crippen MR) is 113 cm³/mol. The highest BCUT2D eigenvalue weighted by molar-refractivity contribution is 6.07. The number of halogens is 1. The Morgan fingerprint density at radius 1 is 1.37 bits per heavy atom. The number of hydrogen-bond acceptors (Lipinski definition) is 5. The van der Waals surface area contributed by atoms with Gasteiger partial charge in [0.15, 0.2) is 17.2 Å². The molecule has 0 saturated carbocycles. The Morgan fingerprint density at radius 2 is 2.20 bits per heavy atom. The molecule has 3 aromatic rings. The van der Waals surface area contributed by atoms with Crippen molar-refractivity contribution in [1.82, 2.24) is 25.4 Å². The Morgan fingerprint density at radius 3 is 2.97 bits per heavy atom. The van der Waals surface area contributed by atoms with Crippen molar-refractivity contribution in [2.75, 3.05) is 19.6 Å². The van der Waals surface area contributed by atoms with Gasteiger partial charge in [0.05, 0.1) is 22.3 Å². The van der Waals surface area contributed by atoms with E-state index in [1.807, 2.05) is 11.8 Å². The summed E-state index contributed by atoms with van der Waals surface area (Å²) < 4.78 is 13.9. The molecule has 0 radical (unpaired) electrons. The van der Waals surface area contributed by atoms with Gasteiger partial charge in [-0.3, -0.25) is 9.89 Å². The highest BCUT2D eigenvalue weighted by Gasteiger charge is 2.27. The van der Waals surface area contributed by atoms with Gasteiger partial charge in [-0.25, -0.2) is 9.37 Å². The molecule has 1 atom stereocenters. The van der Waals surface area contributed by atoms with Crippen molar-refractivity contribution in [3.8, 4) is 17.0 Å². The number of aromatic amines is 1. The van der Waals surface area contributed by atoms with E-state index in [9.17, 15) is 14.3 Å². The van der Waals surface area contributed by atoms with Crippen LogP contribution in [0.3, 0.4) is 0 Å². The molecular weight excluding hydrogens is 385 g/mol. The number of aryl methyl sites for hydroxylation is 1. The maximum Gasteiger partial charge on any atom is 0.254 e. The van der Waals surface area contributed by atoms with Crippen LogP contribution in [0.15, 0.2) is 24.3 Å². The first-order valence-corrected chi connectivity index (χ1v) is 10.3. The minimum Gasteiger partial charge on any atom is -0.505 e.